The first-order valence-corrected chi connectivity index (χ1v) is 6.20. The number of nitrogens with zero attached hydrogens (tertiary/aromatic N) is 1. The molecule has 0 radical (unpaired) electrons. The van der Waals surface area contributed by atoms with E-state index < -0.39 is 18.1 Å². The lowest BCUT2D eigenvalue weighted by molar-refractivity contribution is -0.189. The third kappa shape index (κ3) is 2.91. The summed E-state index contributed by atoms with van der Waals surface area (Å²) in [7, 11) is 1.23. The molecule has 1 fully saturated rings. The summed E-state index contributed by atoms with van der Waals surface area (Å²) in [5.41, 5.74) is 0.0964. The van der Waals surface area contributed by atoms with Gasteiger partial charge in [0.15, 0.2) is 6.04 Å². The second-order valence-corrected chi connectivity index (χ2v) is 5.12. The van der Waals surface area contributed by atoms with Crippen LogP contribution in [0.2, 0.25) is 0 Å². The fourth-order valence-corrected chi connectivity index (χ4v) is 2.32. The van der Waals surface area contributed by atoms with E-state index in [0.29, 0.717) is 6.42 Å². The molecule has 0 heterocycles. The molecule has 3 atom stereocenters. The molecular formula is C14H16F3NO. The van der Waals surface area contributed by atoms with E-state index in [-0.39, 0.29) is 17.4 Å². The SMILES string of the molecule is C[C@@H]1C[C@@H]1C(=O)N(C)[C@H](c1ccccc1)C(F)(F)F. The Labute approximate surface area is 110 Å². The molecule has 1 aliphatic rings. The Bertz CT molecular complexity index is 458. The van der Waals surface area contributed by atoms with Crippen LogP contribution in [0.1, 0.15) is 24.9 Å². The fourth-order valence-electron chi connectivity index (χ4n) is 2.32. The Kier molecular flexibility index (Phi) is 3.56. The Morgan fingerprint density at radius 1 is 1.32 bits per heavy atom. The Morgan fingerprint density at radius 3 is 2.26 bits per heavy atom. The molecule has 1 amide bonds. The minimum Gasteiger partial charge on any atom is -0.330 e. The molecule has 0 unspecified atom stereocenters. The highest BCUT2D eigenvalue weighted by Crippen LogP contribution is 2.43. The van der Waals surface area contributed by atoms with Crippen molar-refractivity contribution in [1.29, 1.82) is 0 Å². The first kappa shape index (κ1) is 13.9. The molecule has 0 aromatic heterocycles. The van der Waals surface area contributed by atoms with Crippen molar-refractivity contribution in [3.05, 3.63) is 35.9 Å². The summed E-state index contributed by atoms with van der Waals surface area (Å²) in [6.07, 6.45) is -3.79. The highest BCUT2D eigenvalue weighted by Gasteiger charge is 2.49. The molecule has 2 nitrogen and oxygen atoms in total. The van der Waals surface area contributed by atoms with Crippen molar-refractivity contribution in [3.63, 3.8) is 0 Å². The second kappa shape index (κ2) is 4.87. The van der Waals surface area contributed by atoms with Gasteiger partial charge in [-0.2, -0.15) is 13.2 Å². The van der Waals surface area contributed by atoms with E-state index in [0.717, 1.165) is 4.90 Å². The molecule has 5 heteroatoms. The van der Waals surface area contributed by atoms with Gasteiger partial charge in [0.25, 0.3) is 0 Å². The normalized spacial score (nSPS) is 23.8. The van der Waals surface area contributed by atoms with Crippen molar-refractivity contribution in [2.45, 2.75) is 25.6 Å². The monoisotopic (exact) mass is 271 g/mol. The van der Waals surface area contributed by atoms with Crippen LogP contribution in [0.15, 0.2) is 30.3 Å². The maximum Gasteiger partial charge on any atom is 0.413 e. The predicted octanol–water partition coefficient (Wildman–Crippen LogP) is 3.40. The topological polar surface area (TPSA) is 20.3 Å². The summed E-state index contributed by atoms with van der Waals surface area (Å²) >= 11 is 0. The average molecular weight is 271 g/mol. The molecule has 1 aromatic rings. The van der Waals surface area contributed by atoms with E-state index in [1.807, 2.05) is 6.92 Å². The molecule has 0 bridgehead atoms. The lowest BCUT2D eigenvalue weighted by Crippen LogP contribution is -2.40. The van der Waals surface area contributed by atoms with Crippen LogP contribution in [0.25, 0.3) is 0 Å². The van der Waals surface area contributed by atoms with Gasteiger partial charge in [-0.3, -0.25) is 4.79 Å². The highest BCUT2D eigenvalue weighted by atomic mass is 19.4. The molecular weight excluding hydrogens is 255 g/mol. The van der Waals surface area contributed by atoms with Gasteiger partial charge in [0.1, 0.15) is 0 Å². The summed E-state index contributed by atoms with van der Waals surface area (Å²) in [6, 6.07) is 5.69. The number of benzene rings is 1. The van der Waals surface area contributed by atoms with Crippen molar-refractivity contribution in [2.24, 2.45) is 11.8 Å². The van der Waals surface area contributed by atoms with E-state index in [2.05, 4.69) is 0 Å². The Balaban J connectivity index is 2.26. The zero-order chi connectivity index (χ0) is 14.2. The molecule has 1 aromatic carbocycles. The van der Waals surface area contributed by atoms with Gasteiger partial charge in [-0.25, -0.2) is 0 Å². The van der Waals surface area contributed by atoms with E-state index >= 15 is 0 Å². The number of carbonyl (C=O) groups excluding carboxylic acids is 1. The van der Waals surface area contributed by atoms with E-state index in [1.165, 1.54) is 19.2 Å². The van der Waals surface area contributed by atoms with Gasteiger partial charge < -0.3 is 4.90 Å². The maximum atomic E-state index is 13.2. The maximum absolute atomic E-state index is 13.2. The zero-order valence-electron chi connectivity index (χ0n) is 10.8. The van der Waals surface area contributed by atoms with Gasteiger partial charge in [-0.05, 0) is 17.9 Å². The van der Waals surface area contributed by atoms with Crippen molar-refractivity contribution in [1.82, 2.24) is 4.90 Å². The third-order valence-electron chi connectivity index (χ3n) is 3.59. The van der Waals surface area contributed by atoms with Crippen LogP contribution in [-0.4, -0.2) is 24.0 Å². The van der Waals surface area contributed by atoms with Crippen LogP contribution in [0.4, 0.5) is 13.2 Å². The summed E-state index contributed by atoms with van der Waals surface area (Å²) < 4.78 is 39.6. The van der Waals surface area contributed by atoms with E-state index in [1.54, 1.807) is 18.2 Å². The summed E-state index contributed by atoms with van der Waals surface area (Å²) in [4.78, 5) is 12.8. The quantitative estimate of drug-likeness (QED) is 0.825. The number of hydrogen-bond acceptors (Lipinski definition) is 1. The van der Waals surface area contributed by atoms with Crippen LogP contribution in [-0.2, 0) is 4.79 Å². The number of alkyl halides is 3. The molecule has 0 saturated heterocycles. The number of carbonyl (C=O) groups is 1. The van der Waals surface area contributed by atoms with Gasteiger partial charge in [-0.1, -0.05) is 37.3 Å². The Morgan fingerprint density at radius 2 is 1.84 bits per heavy atom. The minimum absolute atomic E-state index is 0.0964. The summed E-state index contributed by atoms with van der Waals surface area (Å²) in [5, 5.41) is 0. The zero-order valence-corrected chi connectivity index (χ0v) is 10.8. The molecule has 1 saturated carbocycles. The van der Waals surface area contributed by atoms with Crippen LogP contribution in [0.5, 0.6) is 0 Å². The van der Waals surface area contributed by atoms with E-state index in [4.69, 9.17) is 0 Å². The smallest absolute Gasteiger partial charge is 0.330 e. The third-order valence-corrected chi connectivity index (χ3v) is 3.59. The Hall–Kier alpha value is -1.52. The molecule has 104 valence electrons. The molecule has 1 aliphatic carbocycles. The van der Waals surface area contributed by atoms with Crippen molar-refractivity contribution in [3.8, 4) is 0 Å². The first-order valence-electron chi connectivity index (χ1n) is 6.20. The van der Waals surface area contributed by atoms with Crippen molar-refractivity contribution < 1.29 is 18.0 Å². The second-order valence-electron chi connectivity index (χ2n) is 5.12. The fraction of sp³-hybridized carbons (Fsp3) is 0.500. The van der Waals surface area contributed by atoms with Gasteiger partial charge in [-0.15, -0.1) is 0 Å². The molecule has 0 N–H and O–H groups in total. The van der Waals surface area contributed by atoms with Gasteiger partial charge in [0, 0.05) is 13.0 Å². The highest BCUT2D eigenvalue weighted by molar-refractivity contribution is 5.81. The van der Waals surface area contributed by atoms with Crippen molar-refractivity contribution >= 4 is 5.91 Å². The molecule has 2 rings (SSSR count). The summed E-state index contributed by atoms with van der Waals surface area (Å²) in [5.74, 6) is -0.475. The molecule has 0 aliphatic heterocycles. The number of halogens is 3. The lowest BCUT2D eigenvalue weighted by Gasteiger charge is -2.30. The number of hydrogen-bond donors (Lipinski definition) is 0. The van der Waals surface area contributed by atoms with Crippen LogP contribution in [0.3, 0.4) is 0 Å². The minimum atomic E-state index is -4.47. The predicted molar refractivity (Wildman–Crippen MR) is 65.3 cm³/mol. The average Bonchev–Trinajstić information content (AvgIpc) is 3.05. The van der Waals surface area contributed by atoms with Crippen molar-refractivity contribution in [2.75, 3.05) is 7.05 Å². The molecule has 19 heavy (non-hydrogen) atoms. The first-order chi connectivity index (χ1) is 8.82. The van der Waals surface area contributed by atoms with Crippen LogP contribution >= 0.6 is 0 Å². The van der Waals surface area contributed by atoms with Gasteiger partial charge in [0.2, 0.25) is 5.91 Å². The van der Waals surface area contributed by atoms with Crippen LogP contribution < -0.4 is 0 Å². The number of rotatable bonds is 3. The largest absolute Gasteiger partial charge is 0.413 e. The number of amides is 1. The standard InChI is InChI=1S/C14H16F3NO/c1-9-8-11(9)13(19)18(2)12(14(15,16)17)10-6-4-3-5-7-10/h3-7,9,11-12H,8H2,1-2H3/t9-,11+,12-/m1/s1. The van der Waals surface area contributed by atoms with E-state index in [9.17, 15) is 18.0 Å². The van der Waals surface area contributed by atoms with Gasteiger partial charge >= 0.3 is 6.18 Å². The lowest BCUT2D eigenvalue weighted by atomic mass is 10.0. The molecule has 0 spiro atoms. The summed E-state index contributed by atoms with van der Waals surface area (Å²) in [6.45, 7) is 1.88. The van der Waals surface area contributed by atoms with Crippen LogP contribution in [0, 0.1) is 11.8 Å². The van der Waals surface area contributed by atoms with Gasteiger partial charge in [0.05, 0.1) is 0 Å².